The van der Waals surface area contributed by atoms with Crippen LogP contribution < -0.4 is 5.73 Å². The van der Waals surface area contributed by atoms with Crippen LogP contribution in [0.25, 0.3) is 0 Å². The Morgan fingerprint density at radius 3 is 2.88 bits per heavy atom. The Morgan fingerprint density at radius 1 is 1.88 bits per heavy atom. The van der Waals surface area contributed by atoms with Crippen LogP contribution in [0.2, 0.25) is 0 Å². The summed E-state index contributed by atoms with van der Waals surface area (Å²) in [4.78, 5) is 0. The van der Waals surface area contributed by atoms with Crippen LogP contribution in [0.4, 0.5) is 0 Å². The van der Waals surface area contributed by atoms with Gasteiger partial charge in [-0.2, -0.15) is 0 Å². The standard InChI is InChI=1S/C6H13NO/c1-3-6(7)4-5-8-2/h3,6H,1,4-5,7H2,2H3/t6-/m0/s1. The molecule has 0 unspecified atom stereocenters. The normalized spacial score (nSPS) is 13.2. The molecule has 2 nitrogen and oxygen atoms in total. The Hall–Kier alpha value is -0.340. The zero-order valence-electron chi connectivity index (χ0n) is 5.26. The zero-order valence-corrected chi connectivity index (χ0v) is 5.26. The van der Waals surface area contributed by atoms with Crippen LogP contribution in [-0.4, -0.2) is 19.8 Å². The second-order valence-corrected chi connectivity index (χ2v) is 1.68. The summed E-state index contributed by atoms with van der Waals surface area (Å²) in [5, 5.41) is 0. The maximum Gasteiger partial charge on any atom is 0.0480 e. The number of hydrogen-bond donors (Lipinski definition) is 1. The predicted molar refractivity (Wildman–Crippen MR) is 34.7 cm³/mol. The van der Waals surface area contributed by atoms with Gasteiger partial charge in [-0.15, -0.1) is 6.58 Å². The Balaban J connectivity index is 2.98. The molecule has 0 aliphatic heterocycles. The number of hydrogen-bond acceptors (Lipinski definition) is 2. The van der Waals surface area contributed by atoms with Gasteiger partial charge in [0, 0.05) is 19.8 Å². The SMILES string of the molecule is C=C[C@H](N)CCOC. The molecule has 0 aliphatic carbocycles. The second kappa shape index (κ2) is 4.81. The molecule has 2 N–H and O–H groups in total. The van der Waals surface area contributed by atoms with Crippen molar-refractivity contribution >= 4 is 0 Å². The van der Waals surface area contributed by atoms with Gasteiger partial charge in [-0.3, -0.25) is 0 Å². The Labute approximate surface area is 50.3 Å². The van der Waals surface area contributed by atoms with Crippen molar-refractivity contribution in [2.75, 3.05) is 13.7 Å². The molecular weight excluding hydrogens is 102 g/mol. The number of nitrogens with two attached hydrogens (primary N) is 1. The van der Waals surface area contributed by atoms with Crippen molar-refractivity contribution in [3.63, 3.8) is 0 Å². The number of ether oxygens (including phenoxy) is 1. The molecule has 0 bridgehead atoms. The lowest BCUT2D eigenvalue weighted by molar-refractivity contribution is 0.192. The van der Waals surface area contributed by atoms with E-state index in [9.17, 15) is 0 Å². The topological polar surface area (TPSA) is 35.2 Å². The van der Waals surface area contributed by atoms with Crippen molar-refractivity contribution in [1.82, 2.24) is 0 Å². The summed E-state index contributed by atoms with van der Waals surface area (Å²) in [6.07, 6.45) is 2.58. The molecule has 0 amide bonds. The summed E-state index contributed by atoms with van der Waals surface area (Å²) >= 11 is 0. The van der Waals surface area contributed by atoms with Crippen molar-refractivity contribution in [3.8, 4) is 0 Å². The van der Waals surface area contributed by atoms with Gasteiger partial charge in [-0.05, 0) is 6.42 Å². The molecule has 0 saturated carbocycles. The van der Waals surface area contributed by atoms with Crippen LogP contribution >= 0.6 is 0 Å². The molecule has 0 saturated heterocycles. The van der Waals surface area contributed by atoms with E-state index in [1.54, 1.807) is 13.2 Å². The minimum Gasteiger partial charge on any atom is -0.385 e. The fraction of sp³-hybridized carbons (Fsp3) is 0.667. The van der Waals surface area contributed by atoms with E-state index >= 15 is 0 Å². The predicted octanol–water partition coefficient (Wildman–Crippen LogP) is 0.536. The second-order valence-electron chi connectivity index (χ2n) is 1.68. The highest BCUT2D eigenvalue weighted by atomic mass is 16.5. The summed E-state index contributed by atoms with van der Waals surface area (Å²) in [5.74, 6) is 0. The van der Waals surface area contributed by atoms with Crippen molar-refractivity contribution in [3.05, 3.63) is 12.7 Å². The quantitative estimate of drug-likeness (QED) is 0.542. The highest BCUT2D eigenvalue weighted by Gasteiger charge is 1.92. The maximum absolute atomic E-state index is 5.46. The lowest BCUT2D eigenvalue weighted by Crippen LogP contribution is -2.17. The van der Waals surface area contributed by atoms with Gasteiger partial charge in [-0.25, -0.2) is 0 Å². The van der Waals surface area contributed by atoms with E-state index in [4.69, 9.17) is 10.5 Å². The van der Waals surface area contributed by atoms with Crippen molar-refractivity contribution in [2.45, 2.75) is 12.5 Å². The van der Waals surface area contributed by atoms with Gasteiger partial charge in [0.1, 0.15) is 0 Å². The van der Waals surface area contributed by atoms with Crippen LogP contribution in [0, 0.1) is 0 Å². The van der Waals surface area contributed by atoms with E-state index in [-0.39, 0.29) is 6.04 Å². The summed E-state index contributed by atoms with van der Waals surface area (Å²) in [7, 11) is 1.66. The van der Waals surface area contributed by atoms with Gasteiger partial charge in [0.25, 0.3) is 0 Å². The van der Waals surface area contributed by atoms with Crippen LogP contribution in [0.5, 0.6) is 0 Å². The van der Waals surface area contributed by atoms with Gasteiger partial charge >= 0.3 is 0 Å². The lowest BCUT2D eigenvalue weighted by Gasteiger charge is -2.02. The van der Waals surface area contributed by atoms with Crippen LogP contribution in [-0.2, 0) is 4.74 Å². The molecular formula is C6H13NO. The Kier molecular flexibility index (Phi) is 4.61. The average molecular weight is 115 g/mol. The fourth-order valence-electron chi connectivity index (χ4n) is 0.372. The first-order valence-corrected chi connectivity index (χ1v) is 2.68. The number of methoxy groups -OCH3 is 1. The molecule has 0 aliphatic rings. The molecule has 0 rings (SSSR count). The van der Waals surface area contributed by atoms with E-state index in [0.29, 0.717) is 6.61 Å². The third-order valence-electron chi connectivity index (χ3n) is 0.958. The highest BCUT2D eigenvalue weighted by Crippen LogP contribution is 1.86. The molecule has 1 atom stereocenters. The summed E-state index contributed by atoms with van der Waals surface area (Å²) < 4.78 is 4.79. The minimum absolute atomic E-state index is 0.0925. The smallest absolute Gasteiger partial charge is 0.0480 e. The van der Waals surface area contributed by atoms with E-state index in [1.165, 1.54) is 0 Å². The summed E-state index contributed by atoms with van der Waals surface area (Å²) in [6.45, 7) is 4.25. The number of rotatable bonds is 4. The molecule has 48 valence electrons. The molecule has 0 heterocycles. The van der Waals surface area contributed by atoms with Gasteiger partial charge in [0.05, 0.1) is 0 Å². The van der Waals surface area contributed by atoms with Gasteiger partial charge in [0.15, 0.2) is 0 Å². The van der Waals surface area contributed by atoms with Gasteiger partial charge in [-0.1, -0.05) is 6.08 Å². The molecule has 8 heavy (non-hydrogen) atoms. The third kappa shape index (κ3) is 3.84. The van der Waals surface area contributed by atoms with Crippen LogP contribution in [0.3, 0.4) is 0 Å². The molecule has 0 fully saturated rings. The molecule has 0 aromatic carbocycles. The van der Waals surface area contributed by atoms with Crippen LogP contribution in [0.1, 0.15) is 6.42 Å². The highest BCUT2D eigenvalue weighted by molar-refractivity contribution is 4.81. The first-order chi connectivity index (χ1) is 3.81. The molecule has 2 heteroatoms. The lowest BCUT2D eigenvalue weighted by atomic mass is 10.2. The van der Waals surface area contributed by atoms with Crippen molar-refractivity contribution in [1.29, 1.82) is 0 Å². The maximum atomic E-state index is 5.46. The third-order valence-corrected chi connectivity index (χ3v) is 0.958. The van der Waals surface area contributed by atoms with E-state index < -0.39 is 0 Å². The van der Waals surface area contributed by atoms with E-state index in [1.807, 2.05) is 0 Å². The van der Waals surface area contributed by atoms with Gasteiger partial charge in [0.2, 0.25) is 0 Å². The van der Waals surface area contributed by atoms with Crippen molar-refractivity contribution < 1.29 is 4.74 Å². The first-order valence-electron chi connectivity index (χ1n) is 2.68. The largest absolute Gasteiger partial charge is 0.385 e. The molecule has 0 aromatic rings. The van der Waals surface area contributed by atoms with E-state index in [0.717, 1.165) is 6.42 Å². The summed E-state index contributed by atoms with van der Waals surface area (Å²) in [5.41, 5.74) is 5.46. The molecule has 0 spiro atoms. The average Bonchev–Trinajstić information content (AvgIpc) is 1.83. The molecule has 0 radical (unpaired) electrons. The van der Waals surface area contributed by atoms with E-state index in [2.05, 4.69) is 6.58 Å². The molecule has 0 aromatic heterocycles. The van der Waals surface area contributed by atoms with Crippen LogP contribution in [0.15, 0.2) is 12.7 Å². The Morgan fingerprint density at radius 2 is 2.50 bits per heavy atom. The summed E-state index contributed by atoms with van der Waals surface area (Å²) in [6, 6.07) is 0.0925. The fourth-order valence-corrected chi connectivity index (χ4v) is 0.372. The Bertz CT molecular complexity index is 63.5. The zero-order chi connectivity index (χ0) is 6.41. The monoisotopic (exact) mass is 115 g/mol. The minimum atomic E-state index is 0.0925. The van der Waals surface area contributed by atoms with Crippen molar-refractivity contribution in [2.24, 2.45) is 5.73 Å². The van der Waals surface area contributed by atoms with Gasteiger partial charge < -0.3 is 10.5 Å². The first kappa shape index (κ1) is 7.66.